The standard InChI is InChI=1S/C17H28N2O/c1-4-11-20-16-8-5-7-15(12-16)13-18-14-17(19(2)3)9-6-10-17/h5,7-8,12,18H,4,6,9-11,13-14H2,1-3H3. The maximum absolute atomic E-state index is 5.68. The van der Waals surface area contributed by atoms with Gasteiger partial charge in [0.05, 0.1) is 6.61 Å². The lowest BCUT2D eigenvalue weighted by Crippen LogP contribution is -2.56. The average molecular weight is 276 g/mol. The van der Waals surface area contributed by atoms with Crippen LogP contribution in [0.1, 0.15) is 38.2 Å². The summed E-state index contributed by atoms with van der Waals surface area (Å²) >= 11 is 0. The van der Waals surface area contributed by atoms with Crippen LogP contribution >= 0.6 is 0 Å². The van der Waals surface area contributed by atoms with Crippen molar-refractivity contribution in [2.75, 3.05) is 27.2 Å². The normalized spacial score (nSPS) is 17.0. The Kier molecular flexibility index (Phi) is 5.44. The Balaban J connectivity index is 1.81. The molecule has 112 valence electrons. The molecule has 1 aromatic rings. The van der Waals surface area contributed by atoms with Gasteiger partial charge >= 0.3 is 0 Å². The highest BCUT2D eigenvalue weighted by Gasteiger charge is 2.38. The number of ether oxygens (including phenoxy) is 1. The fourth-order valence-corrected chi connectivity index (χ4v) is 2.77. The van der Waals surface area contributed by atoms with Crippen molar-refractivity contribution >= 4 is 0 Å². The quantitative estimate of drug-likeness (QED) is 0.790. The molecule has 0 aliphatic heterocycles. The number of rotatable bonds is 8. The van der Waals surface area contributed by atoms with Gasteiger partial charge in [0.15, 0.2) is 0 Å². The largest absolute Gasteiger partial charge is 0.494 e. The molecule has 1 aliphatic carbocycles. The van der Waals surface area contributed by atoms with E-state index in [1.807, 2.05) is 6.07 Å². The summed E-state index contributed by atoms with van der Waals surface area (Å²) in [6, 6.07) is 8.42. The van der Waals surface area contributed by atoms with E-state index in [2.05, 4.69) is 49.4 Å². The Morgan fingerprint density at radius 3 is 2.70 bits per heavy atom. The average Bonchev–Trinajstić information content (AvgIpc) is 2.39. The van der Waals surface area contributed by atoms with E-state index in [0.717, 1.165) is 31.9 Å². The van der Waals surface area contributed by atoms with Gasteiger partial charge in [0.2, 0.25) is 0 Å². The van der Waals surface area contributed by atoms with Gasteiger partial charge in [-0.3, -0.25) is 0 Å². The number of hydrogen-bond acceptors (Lipinski definition) is 3. The molecule has 0 saturated heterocycles. The second-order valence-corrected chi connectivity index (χ2v) is 6.07. The minimum absolute atomic E-state index is 0.385. The molecule has 3 heteroatoms. The van der Waals surface area contributed by atoms with Crippen molar-refractivity contribution in [3.63, 3.8) is 0 Å². The van der Waals surface area contributed by atoms with Crippen LogP contribution in [0.15, 0.2) is 24.3 Å². The van der Waals surface area contributed by atoms with E-state index in [1.54, 1.807) is 0 Å². The van der Waals surface area contributed by atoms with Gasteiger partial charge in [-0.1, -0.05) is 19.1 Å². The number of nitrogens with zero attached hydrogens (tertiary/aromatic N) is 1. The van der Waals surface area contributed by atoms with Gasteiger partial charge in [-0.2, -0.15) is 0 Å². The number of likely N-dealkylation sites (N-methyl/N-ethyl adjacent to an activating group) is 1. The molecule has 1 aliphatic rings. The SMILES string of the molecule is CCCOc1cccc(CNCC2(N(C)C)CCC2)c1. The molecule has 0 aromatic heterocycles. The minimum atomic E-state index is 0.385. The molecule has 0 unspecified atom stereocenters. The summed E-state index contributed by atoms with van der Waals surface area (Å²) in [6.45, 7) is 4.91. The molecule has 20 heavy (non-hydrogen) atoms. The van der Waals surface area contributed by atoms with Crippen LogP contribution in [0.25, 0.3) is 0 Å². The molecule has 1 fully saturated rings. The van der Waals surface area contributed by atoms with E-state index in [-0.39, 0.29) is 0 Å². The van der Waals surface area contributed by atoms with Crippen LogP contribution in [-0.4, -0.2) is 37.7 Å². The number of hydrogen-bond donors (Lipinski definition) is 1. The smallest absolute Gasteiger partial charge is 0.119 e. The summed E-state index contributed by atoms with van der Waals surface area (Å²) in [6.07, 6.45) is 5.04. The zero-order valence-corrected chi connectivity index (χ0v) is 13.1. The molecular formula is C17H28N2O. The van der Waals surface area contributed by atoms with Crippen LogP contribution in [0.3, 0.4) is 0 Å². The van der Waals surface area contributed by atoms with Gasteiger partial charge in [0.1, 0.15) is 5.75 Å². The van der Waals surface area contributed by atoms with Crippen LogP contribution in [0.4, 0.5) is 0 Å². The molecule has 1 aromatic carbocycles. The molecule has 1 saturated carbocycles. The first-order valence-corrected chi connectivity index (χ1v) is 7.76. The molecule has 0 amide bonds. The van der Waals surface area contributed by atoms with E-state index in [9.17, 15) is 0 Å². The molecule has 0 radical (unpaired) electrons. The Bertz CT molecular complexity index is 413. The monoisotopic (exact) mass is 276 g/mol. The molecule has 3 nitrogen and oxygen atoms in total. The van der Waals surface area contributed by atoms with Crippen molar-refractivity contribution in [1.82, 2.24) is 10.2 Å². The van der Waals surface area contributed by atoms with Gasteiger partial charge in [-0.15, -0.1) is 0 Å². The maximum atomic E-state index is 5.68. The number of benzene rings is 1. The highest BCUT2D eigenvalue weighted by molar-refractivity contribution is 5.28. The third kappa shape index (κ3) is 3.74. The second kappa shape index (κ2) is 7.09. The Morgan fingerprint density at radius 1 is 1.30 bits per heavy atom. The fraction of sp³-hybridized carbons (Fsp3) is 0.647. The summed E-state index contributed by atoms with van der Waals surface area (Å²) in [5.41, 5.74) is 1.68. The van der Waals surface area contributed by atoms with Gasteiger partial charge in [0.25, 0.3) is 0 Å². The Hall–Kier alpha value is -1.06. The topological polar surface area (TPSA) is 24.5 Å². The zero-order valence-electron chi connectivity index (χ0n) is 13.1. The van der Waals surface area contributed by atoms with Crippen molar-refractivity contribution in [2.24, 2.45) is 0 Å². The summed E-state index contributed by atoms with van der Waals surface area (Å²) < 4.78 is 5.68. The van der Waals surface area contributed by atoms with Gasteiger partial charge in [-0.05, 0) is 57.5 Å². The van der Waals surface area contributed by atoms with Crippen molar-refractivity contribution in [2.45, 2.75) is 44.7 Å². The van der Waals surface area contributed by atoms with E-state index < -0.39 is 0 Å². The van der Waals surface area contributed by atoms with Crippen LogP contribution in [0.2, 0.25) is 0 Å². The third-order valence-corrected chi connectivity index (χ3v) is 4.39. The van der Waals surface area contributed by atoms with Gasteiger partial charge in [0, 0.05) is 18.6 Å². The molecule has 0 heterocycles. The fourth-order valence-electron chi connectivity index (χ4n) is 2.77. The van der Waals surface area contributed by atoms with E-state index >= 15 is 0 Å². The predicted octanol–water partition coefficient (Wildman–Crippen LogP) is 3.05. The summed E-state index contributed by atoms with van der Waals surface area (Å²) in [5.74, 6) is 0.983. The van der Waals surface area contributed by atoms with Crippen LogP contribution in [-0.2, 0) is 6.54 Å². The van der Waals surface area contributed by atoms with E-state index in [0.29, 0.717) is 5.54 Å². The third-order valence-electron chi connectivity index (χ3n) is 4.39. The van der Waals surface area contributed by atoms with Crippen LogP contribution < -0.4 is 10.1 Å². The lowest BCUT2D eigenvalue weighted by Gasteiger charge is -2.47. The minimum Gasteiger partial charge on any atom is -0.494 e. The van der Waals surface area contributed by atoms with Crippen molar-refractivity contribution in [3.8, 4) is 5.75 Å². The van der Waals surface area contributed by atoms with Gasteiger partial charge < -0.3 is 15.0 Å². The highest BCUT2D eigenvalue weighted by Crippen LogP contribution is 2.35. The lowest BCUT2D eigenvalue weighted by molar-refractivity contribution is 0.0598. The Morgan fingerprint density at radius 2 is 2.10 bits per heavy atom. The van der Waals surface area contributed by atoms with Gasteiger partial charge in [-0.25, -0.2) is 0 Å². The van der Waals surface area contributed by atoms with Crippen LogP contribution in [0, 0.1) is 0 Å². The molecule has 2 rings (SSSR count). The summed E-state index contributed by atoms with van der Waals surface area (Å²) in [4.78, 5) is 2.38. The van der Waals surface area contributed by atoms with E-state index in [1.165, 1.54) is 24.8 Å². The lowest BCUT2D eigenvalue weighted by atomic mass is 9.75. The maximum Gasteiger partial charge on any atom is 0.119 e. The molecule has 1 N–H and O–H groups in total. The second-order valence-electron chi connectivity index (χ2n) is 6.07. The Labute approximate surface area is 123 Å². The summed E-state index contributed by atoms with van der Waals surface area (Å²) in [7, 11) is 4.39. The molecule has 0 atom stereocenters. The van der Waals surface area contributed by atoms with Crippen LogP contribution in [0.5, 0.6) is 5.75 Å². The first-order chi connectivity index (χ1) is 9.66. The molecule has 0 bridgehead atoms. The molecule has 0 spiro atoms. The zero-order chi connectivity index (χ0) is 14.4. The first-order valence-electron chi connectivity index (χ1n) is 7.76. The summed E-state index contributed by atoms with van der Waals surface area (Å²) in [5, 5.41) is 3.61. The van der Waals surface area contributed by atoms with E-state index in [4.69, 9.17) is 4.74 Å². The highest BCUT2D eigenvalue weighted by atomic mass is 16.5. The molecular weight excluding hydrogens is 248 g/mol. The van der Waals surface area contributed by atoms with Crippen molar-refractivity contribution in [1.29, 1.82) is 0 Å². The van der Waals surface area contributed by atoms with Crippen molar-refractivity contribution in [3.05, 3.63) is 29.8 Å². The first kappa shape index (κ1) is 15.3. The number of nitrogens with one attached hydrogen (secondary N) is 1. The predicted molar refractivity (Wildman–Crippen MR) is 84.2 cm³/mol. The van der Waals surface area contributed by atoms with Crippen molar-refractivity contribution < 1.29 is 4.74 Å².